The monoisotopic (exact) mass is 393 g/mol. The van der Waals surface area contributed by atoms with Crippen molar-refractivity contribution in [3.05, 3.63) is 69.2 Å². The van der Waals surface area contributed by atoms with Gasteiger partial charge in [0.1, 0.15) is 24.0 Å². The van der Waals surface area contributed by atoms with E-state index in [4.69, 9.17) is 4.74 Å². The van der Waals surface area contributed by atoms with Crippen molar-refractivity contribution in [1.29, 1.82) is 0 Å². The Balaban J connectivity index is 1.77. The fourth-order valence-electron chi connectivity index (χ4n) is 2.50. The van der Waals surface area contributed by atoms with Crippen LogP contribution < -0.4 is 10.1 Å². The maximum Gasteiger partial charge on any atom is 0.251 e. The number of rotatable bonds is 3. The summed E-state index contributed by atoms with van der Waals surface area (Å²) in [5, 5.41) is 2.71. The Hall–Kier alpha value is -2.21. The Bertz CT molecular complexity index is 836. The van der Waals surface area contributed by atoms with Crippen LogP contribution in [-0.4, -0.2) is 12.5 Å². The Morgan fingerprint density at radius 2 is 2.04 bits per heavy atom. The van der Waals surface area contributed by atoms with Gasteiger partial charge in [0.05, 0.1) is 11.6 Å². The summed E-state index contributed by atoms with van der Waals surface area (Å²) in [7, 11) is 0. The molecular weight excluding hydrogens is 380 g/mol. The van der Waals surface area contributed by atoms with Crippen LogP contribution in [0.1, 0.15) is 24.1 Å². The largest absolute Gasteiger partial charge is 0.488 e. The van der Waals surface area contributed by atoms with Crippen LogP contribution in [0.4, 0.5) is 8.78 Å². The average Bonchev–Trinajstić information content (AvgIpc) is 2.53. The van der Waals surface area contributed by atoms with Gasteiger partial charge in [-0.1, -0.05) is 22.0 Å². The molecule has 0 fully saturated rings. The van der Waals surface area contributed by atoms with Gasteiger partial charge in [-0.05, 0) is 37.3 Å². The van der Waals surface area contributed by atoms with Gasteiger partial charge in [0, 0.05) is 21.7 Å². The van der Waals surface area contributed by atoms with E-state index < -0.39 is 17.7 Å². The maximum atomic E-state index is 13.8. The highest BCUT2D eigenvalue weighted by Gasteiger charge is 2.20. The summed E-state index contributed by atoms with van der Waals surface area (Å²) in [6, 6.07) is 8.23. The predicted molar refractivity (Wildman–Crippen MR) is 90.5 cm³/mol. The molecule has 2 aromatic carbocycles. The molecule has 0 saturated heterocycles. The van der Waals surface area contributed by atoms with Gasteiger partial charge < -0.3 is 10.1 Å². The lowest BCUT2D eigenvalue weighted by Gasteiger charge is -2.20. The number of halogens is 3. The maximum absolute atomic E-state index is 13.8. The first-order valence-corrected chi connectivity index (χ1v) is 8.12. The van der Waals surface area contributed by atoms with Crippen molar-refractivity contribution in [2.45, 2.75) is 13.0 Å². The fourth-order valence-corrected chi connectivity index (χ4v) is 2.88. The number of nitrogens with one attached hydrogen (secondary N) is 1. The van der Waals surface area contributed by atoms with E-state index in [1.54, 1.807) is 13.0 Å². The molecule has 124 valence electrons. The van der Waals surface area contributed by atoms with Crippen molar-refractivity contribution in [3.8, 4) is 5.75 Å². The second-order valence-electron chi connectivity index (χ2n) is 5.50. The second-order valence-corrected chi connectivity index (χ2v) is 6.42. The van der Waals surface area contributed by atoms with Crippen LogP contribution >= 0.6 is 15.9 Å². The van der Waals surface area contributed by atoms with Crippen LogP contribution in [-0.2, 0) is 4.79 Å². The molecule has 1 amide bonds. The molecule has 0 aliphatic carbocycles. The normalized spacial score (nSPS) is 14.2. The lowest BCUT2D eigenvalue weighted by molar-refractivity contribution is -0.118. The van der Waals surface area contributed by atoms with Crippen LogP contribution in [0.5, 0.6) is 5.75 Å². The van der Waals surface area contributed by atoms with Crippen LogP contribution in [0.15, 0.2) is 46.4 Å². The third kappa shape index (κ3) is 3.48. The minimum Gasteiger partial charge on any atom is -0.488 e. The van der Waals surface area contributed by atoms with E-state index in [1.165, 1.54) is 6.07 Å². The number of hydrogen-bond acceptors (Lipinski definition) is 2. The molecular formula is C18H14BrF2NO2. The van der Waals surface area contributed by atoms with Crippen LogP contribution in [0.3, 0.4) is 0 Å². The van der Waals surface area contributed by atoms with Gasteiger partial charge in [0.25, 0.3) is 5.91 Å². The molecule has 2 aromatic rings. The van der Waals surface area contributed by atoms with E-state index in [-0.39, 0.29) is 18.1 Å². The van der Waals surface area contributed by atoms with E-state index in [9.17, 15) is 13.6 Å². The summed E-state index contributed by atoms with van der Waals surface area (Å²) in [4.78, 5) is 12.4. The Morgan fingerprint density at radius 3 is 2.79 bits per heavy atom. The molecule has 1 aliphatic heterocycles. The van der Waals surface area contributed by atoms with Crippen LogP contribution in [0.2, 0.25) is 0 Å². The molecule has 24 heavy (non-hydrogen) atoms. The summed E-state index contributed by atoms with van der Waals surface area (Å²) in [6.45, 7) is 1.78. The van der Waals surface area contributed by atoms with Gasteiger partial charge in [0.15, 0.2) is 0 Å². The quantitative estimate of drug-likeness (QED) is 0.839. The standard InChI is InChI=1S/C18H14BrF2NO2/c1-10(15-4-3-14(20)8-16(15)21)22-18(23)12-6-11-7-13(19)2-5-17(11)24-9-12/h2-8,10H,9H2,1H3,(H,22,23). The molecule has 0 bridgehead atoms. The molecule has 3 nitrogen and oxygen atoms in total. The van der Waals surface area contributed by atoms with Gasteiger partial charge in [-0.2, -0.15) is 0 Å². The van der Waals surface area contributed by atoms with Crippen molar-refractivity contribution < 1.29 is 18.3 Å². The predicted octanol–water partition coefficient (Wildman–Crippen LogP) is 4.38. The van der Waals surface area contributed by atoms with Gasteiger partial charge in [0.2, 0.25) is 0 Å². The van der Waals surface area contributed by atoms with Gasteiger partial charge >= 0.3 is 0 Å². The summed E-state index contributed by atoms with van der Waals surface area (Å²) in [5.41, 5.74) is 1.46. The Labute approximate surface area is 146 Å². The third-order valence-corrected chi connectivity index (χ3v) is 4.25. The summed E-state index contributed by atoms with van der Waals surface area (Å²) in [5.74, 6) is -0.990. The lowest BCUT2D eigenvalue weighted by atomic mass is 10.0. The first-order valence-electron chi connectivity index (χ1n) is 7.33. The SMILES string of the molecule is CC(NC(=O)C1=Cc2cc(Br)ccc2OC1)c1ccc(F)cc1F. The Kier molecular flexibility index (Phi) is 4.66. The fraction of sp³-hybridized carbons (Fsp3) is 0.167. The van der Waals surface area contributed by atoms with Crippen molar-refractivity contribution in [2.75, 3.05) is 6.61 Å². The van der Waals surface area contributed by atoms with Crippen LogP contribution in [0, 0.1) is 11.6 Å². The summed E-state index contributed by atoms with van der Waals surface area (Å²) >= 11 is 3.37. The molecule has 0 spiro atoms. The first kappa shape index (κ1) is 16.6. The molecule has 3 rings (SSSR count). The van der Waals surface area contributed by atoms with Crippen molar-refractivity contribution in [3.63, 3.8) is 0 Å². The number of fused-ring (bicyclic) bond motifs is 1. The number of carbonyl (C=O) groups excluding carboxylic acids is 1. The van der Waals surface area contributed by atoms with E-state index in [2.05, 4.69) is 21.2 Å². The second kappa shape index (κ2) is 6.73. The van der Waals surface area contributed by atoms with Crippen molar-refractivity contribution in [1.82, 2.24) is 5.32 Å². The first-order chi connectivity index (χ1) is 11.4. The molecule has 1 heterocycles. The molecule has 0 aromatic heterocycles. The molecule has 0 saturated carbocycles. The Morgan fingerprint density at radius 1 is 1.25 bits per heavy atom. The zero-order valence-electron chi connectivity index (χ0n) is 12.8. The summed E-state index contributed by atoms with van der Waals surface area (Å²) in [6.07, 6.45) is 1.74. The minimum absolute atomic E-state index is 0.138. The van der Waals surface area contributed by atoms with Crippen molar-refractivity contribution in [2.24, 2.45) is 0 Å². The van der Waals surface area contributed by atoms with E-state index in [0.717, 1.165) is 22.2 Å². The topological polar surface area (TPSA) is 38.3 Å². The highest BCUT2D eigenvalue weighted by Crippen LogP contribution is 2.29. The van der Waals surface area contributed by atoms with Crippen molar-refractivity contribution >= 4 is 27.9 Å². The average molecular weight is 394 g/mol. The minimum atomic E-state index is -0.689. The number of hydrogen-bond donors (Lipinski definition) is 1. The molecule has 0 radical (unpaired) electrons. The highest BCUT2D eigenvalue weighted by atomic mass is 79.9. The lowest BCUT2D eigenvalue weighted by Crippen LogP contribution is -2.31. The number of carbonyl (C=O) groups is 1. The van der Waals surface area contributed by atoms with Gasteiger partial charge in [-0.25, -0.2) is 8.78 Å². The zero-order valence-corrected chi connectivity index (χ0v) is 14.4. The van der Waals surface area contributed by atoms with E-state index in [1.807, 2.05) is 18.2 Å². The third-order valence-electron chi connectivity index (χ3n) is 3.75. The highest BCUT2D eigenvalue weighted by molar-refractivity contribution is 9.10. The van der Waals surface area contributed by atoms with E-state index >= 15 is 0 Å². The van der Waals surface area contributed by atoms with Crippen LogP contribution in [0.25, 0.3) is 6.08 Å². The summed E-state index contributed by atoms with van der Waals surface area (Å²) < 4.78 is 33.2. The molecule has 1 N–H and O–H groups in total. The zero-order chi connectivity index (χ0) is 17.3. The van der Waals surface area contributed by atoms with E-state index in [0.29, 0.717) is 11.3 Å². The number of ether oxygens (including phenoxy) is 1. The smallest absolute Gasteiger partial charge is 0.251 e. The molecule has 1 aliphatic rings. The molecule has 6 heteroatoms. The molecule has 1 atom stereocenters. The van der Waals surface area contributed by atoms with Gasteiger partial charge in [-0.3, -0.25) is 4.79 Å². The number of benzene rings is 2. The molecule has 1 unspecified atom stereocenters. The van der Waals surface area contributed by atoms with Gasteiger partial charge in [-0.15, -0.1) is 0 Å². The number of amides is 1.